The van der Waals surface area contributed by atoms with Crippen LogP contribution in [0.3, 0.4) is 0 Å². The lowest BCUT2D eigenvalue weighted by Crippen LogP contribution is -2.46. The summed E-state index contributed by atoms with van der Waals surface area (Å²) in [5.41, 5.74) is 3.33. The standard InChI is InChI=1S/C25H33N3O4S/c1-4-20-10-12-21(13-11-20)27-25(30)24(29)26-15-14-22-7-5-6-16-28(22)33(31,32)23-17-18(2)8-9-19(23)3/h8-13,17,22H,4-7,14-16H2,1-3H3,(H,26,29)(H,27,30)/t22-/m0/s1. The average Bonchev–Trinajstić information content (AvgIpc) is 2.81. The van der Waals surface area contributed by atoms with Crippen molar-refractivity contribution in [1.82, 2.24) is 9.62 Å². The first kappa shape index (κ1) is 24.9. The van der Waals surface area contributed by atoms with Crippen LogP contribution in [0.1, 0.15) is 49.3 Å². The van der Waals surface area contributed by atoms with Gasteiger partial charge in [-0.05, 0) is 74.4 Å². The van der Waals surface area contributed by atoms with Gasteiger partial charge in [-0.15, -0.1) is 0 Å². The lowest BCUT2D eigenvalue weighted by molar-refractivity contribution is -0.136. The van der Waals surface area contributed by atoms with Crippen molar-refractivity contribution in [2.45, 2.75) is 63.8 Å². The van der Waals surface area contributed by atoms with E-state index in [1.165, 1.54) is 0 Å². The van der Waals surface area contributed by atoms with Gasteiger partial charge in [-0.1, -0.05) is 37.6 Å². The molecule has 1 aliphatic rings. The zero-order valence-electron chi connectivity index (χ0n) is 19.6. The number of hydrogen-bond acceptors (Lipinski definition) is 4. The largest absolute Gasteiger partial charge is 0.348 e. The Bertz CT molecular complexity index is 1100. The van der Waals surface area contributed by atoms with Gasteiger partial charge in [0.15, 0.2) is 0 Å². The van der Waals surface area contributed by atoms with E-state index in [0.29, 0.717) is 23.5 Å². The van der Waals surface area contributed by atoms with Crippen LogP contribution in [-0.4, -0.2) is 43.7 Å². The average molecular weight is 472 g/mol. The van der Waals surface area contributed by atoms with Gasteiger partial charge in [0.05, 0.1) is 4.90 Å². The minimum absolute atomic E-state index is 0.214. The molecular formula is C25H33N3O4S. The fourth-order valence-electron chi connectivity index (χ4n) is 4.13. The predicted octanol–water partition coefficient (Wildman–Crippen LogP) is 3.55. The Morgan fingerprint density at radius 2 is 1.76 bits per heavy atom. The second-order valence-corrected chi connectivity index (χ2v) is 10.4. The van der Waals surface area contributed by atoms with Crippen LogP contribution in [0, 0.1) is 13.8 Å². The maximum atomic E-state index is 13.4. The maximum Gasteiger partial charge on any atom is 0.313 e. The van der Waals surface area contributed by atoms with E-state index in [-0.39, 0.29) is 12.6 Å². The third kappa shape index (κ3) is 6.21. The van der Waals surface area contributed by atoms with Crippen molar-refractivity contribution < 1.29 is 18.0 Å². The first-order chi connectivity index (χ1) is 15.7. The summed E-state index contributed by atoms with van der Waals surface area (Å²) in [4.78, 5) is 24.8. The minimum Gasteiger partial charge on any atom is -0.348 e. The lowest BCUT2D eigenvalue weighted by Gasteiger charge is -2.35. The van der Waals surface area contributed by atoms with Crippen LogP contribution in [-0.2, 0) is 26.0 Å². The molecule has 2 aromatic carbocycles. The van der Waals surface area contributed by atoms with Crippen LogP contribution in [0.5, 0.6) is 0 Å². The van der Waals surface area contributed by atoms with Crippen molar-refractivity contribution in [3.05, 3.63) is 59.2 Å². The second-order valence-electron chi connectivity index (χ2n) is 8.58. The molecular weight excluding hydrogens is 438 g/mol. The molecule has 0 aliphatic carbocycles. The van der Waals surface area contributed by atoms with Gasteiger partial charge in [0.1, 0.15) is 0 Å². The molecule has 0 bridgehead atoms. The minimum atomic E-state index is -3.64. The number of carbonyl (C=O) groups excluding carboxylic acids is 2. The molecule has 0 aromatic heterocycles. The number of carbonyl (C=O) groups is 2. The van der Waals surface area contributed by atoms with E-state index < -0.39 is 21.8 Å². The summed E-state index contributed by atoms with van der Waals surface area (Å²) in [6.45, 7) is 6.42. The van der Waals surface area contributed by atoms with Gasteiger partial charge in [-0.2, -0.15) is 4.31 Å². The number of rotatable bonds is 7. The second kappa shape index (κ2) is 10.9. The van der Waals surface area contributed by atoms with Gasteiger partial charge in [-0.25, -0.2) is 8.42 Å². The highest BCUT2D eigenvalue weighted by atomic mass is 32.2. The molecule has 1 atom stereocenters. The maximum absolute atomic E-state index is 13.4. The highest BCUT2D eigenvalue weighted by Gasteiger charge is 2.34. The fraction of sp³-hybridized carbons (Fsp3) is 0.440. The van der Waals surface area contributed by atoms with E-state index in [1.807, 2.05) is 38.1 Å². The molecule has 0 saturated carbocycles. The van der Waals surface area contributed by atoms with Crippen LogP contribution in [0.15, 0.2) is 47.4 Å². The summed E-state index contributed by atoms with van der Waals surface area (Å²) < 4.78 is 28.4. The van der Waals surface area contributed by atoms with Crippen molar-refractivity contribution in [3.63, 3.8) is 0 Å². The molecule has 1 aliphatic heterocycles. The number of aryl methyl sites for hydroxylation is 3. The first-order valence-corrected chi connectivity index (χ1v) is 12.9. The zero-order valence-corrected chi connectivity index (χ0v) is 20.4. The molecule has 3 rings (SSSR count). The molecule has 0 spiro atoms. The topological polar surface area (TPSA) is 95.6 Å². The third-order valence-corrected chi connectivity index (χ3v) is 8.19. The van der Waals surface area contributed by atoms with Gasteiger partial charge in [0, 0.05) is 24.8 Å². The van der Waals surface area contributed by atoms with Crippen LogP contribution >= 0.6 is 0 Å². The lowest BCUT2D eigenvalue weighted by atomic mass is 10.0. The van der Waals surface area contributed by atoms with Gasteiger partial charge in [0.25, 0.3) is 0 Å². The van der Waals surface area contributed by atoms with E-state index in [9.17, 15) is 18.0 Å². The molecule has 0 unspecified atom stereocenters. The molecule has 2 aromatic rings. The first-order valence-electron chi connectivity index (χ1n) is 11.5. The number of anilines is 1. The van der Waals surface area contributed by atoms with E-state index in [4.69, 9.17) is 0 Å². The Balaban J connectivity index is 1.59. The number of piperidine rings is 1. The molecule has 1 fully saturated rings. The molecule has 2 N–H and O–H groups in total. The molecule has 0 radical (unpaired) electrons. The van der Waals surface area contributed by atoms with Gasteiger partial charge < -0.3 is 10.6 Å². The highest BCUT2D eigenvalue weighted by molar-refractivity contribution is 7.89. The molecule has 1 heterocycles. The highest BCUT2D eigenvalue weighted by Crippen LogP contribution is 2.29. The molecule has 8 heteroatoms. The van der Waals surface area contributed by atoms with Crippen LogP contribution in [0.2, 0.25) is 0 Å². The van der Waals surface area contributed by atoms with Crippen molar-refractivity contribution in [3.8, 4) is 0 Å². The third-order valence-electron chi connectivity index (χ3n) is 6.09. The zero-order chi connectivity index (χ0) is 24.0. The van der Waals surface area contributed by atoms with Crippen molar-refractivity contribution in [2.24, 2.45) is 0 Å². The summed E-state index contributed by atoms with van der Waals surface area (Å²) in [7, 11) is -3.64. The summed E-state index contributed by atoms with van der Waals surface area (Å²) in [6.07, 6.45) is 3.83. The van der Waals surface area contributed by atoms with E-state index >= 15 is 0 Å². The number of amides is 2. The smallest absolute Gasteiger partial charge is 0.313 e. The molecule has 7 nitrogen and oxygen atoms in total. The Hall–Kier alpha value is -2.71. The van der Waals surface area contributed by atoms with Gasteiger partial charge in [-0.3, -0.25) is 9.59 Å². The molecule has 1 saturated heterocycles. The van der Waals surface area contributed by atoms with Crippen LogP contribution in [0.25, 0.3) is 0 Å². The van der Waals surface area contributed by atoms with Gasteiger partial charge >= 0.3 is 11.8 Å². The molecule has 2 amide bonds. The number of nitrogens with zero attached hydrogens (tertiary/aromatic N) is 1. The van der Waals surface area contributed by atoms with Crippen molar-refractivity contribution in [2.75, 3.05) is 18.4 Å². The van der Waals surface area contributed by atoms with Crippen molar-refractivity contribution >= 4 is 27.5 Å². The molecule has 33 heavy (non-hydrogen) atoms. The molecule has 178 valence electrons. The fourth-order valence-corrected chi connectivity index (χ4v) is 6.17. The van der Waals surface area contributed by atoms with Crippen molar-refractivity contribution in [1.29, 1.82) is 0 Å². The van der Waals surface area contributed by atoms with E-state index in [0.717, 1.165) is 42.4 Å². The van der Waals surface area contributed by atoms with E-state index in [1.54, 1.807) is 29.4 Å². The number of nitrogens with one attached hydrogen (secondary N) is 2. The monoisotopic (exact) mass is 471 g/mol. The number of benzene rings is 2. The quantitative estimate of drug-likeness (QED) is 0.604. The number of sulfonamides is 1. The summed E-state index contributed by atoms with van der Waals surface area (Å²) >= 11 is 0. The summed E-state index contributed by atoms with van der Waals surface area (Å²) in [5, 5.41) is 5.22. The van der Waals surface area contributed by atoms with Crippen LogP contribution < -0.4 is 10.6 Å². The summed E-state index contributed by atoms with van der Waals surface area (Å²) in [6, 6.07) is 12.6. The SMILES string of the molecule is CCc1ccc(NC(=O)C(=O)NCC[C@@H]2CCCCN2S(=O)(=O)c2cc(C)ccc2C)cc1. The number of hydrogen-bond donors (Lipinski definition) is 2. The Kier molecular flexibility index (Phi) is 8.26. The Labute approximate surface area is 196 Å². The van der Waals surface area contributed by atoms with E-state index in [2.05, 4.69) is 10.6 Å². The Morgan fingerprint density at radius 1 is 1.03 bits per heavy atom. The normalized spacial score (nSPS) is 16.9. The Morgan fingerprint density at radius 3 is 2.45 bits per heavy atom. The van der Waals surface area contributed by atoms with Gasteiger partial charge in [0.2, 0.25) is 10.0 Å². The summed E-state index contributed by atoms with van der Waals surface area (Å²) in [5.74, 6) is -1.46. The van der Waals surface area contributed by atoms with Crippen LogP contribution in [0.4, 0.5) is 5.69 Å². The predicted molar refractivity (Wildman–Crippen MR) is 130 cm³/mol.